The van der Waals surface area contributed by atoms with Crippen molar-refractivity contribution in [3.05, 3.63) is 0 Å². The van der Waals surface area contributed by atoms with Gasteiger partial charge in [0, 0.05) is 30.9 Å². The fourth-order valence-corrected chi connectivity index (χ4v) is 3.04. The van der Waals surface area contributed by atoms with Gasteiger partial charge in [-0.3, -0.25) is 0 Å². The van der Waals surface area contributed by atoms with Crippen LogP contribution in [-0.4, -0.2) is 57.9 Å². The Morgan fingerprint density at radius 2 is 2.22 bits per heavy atom. The van der Waals surface area contributed by atoms with Gasteiger partial charge in [-0.25, -0.2) is 10.0 Å². The largest absolute Gasteiger partial charge is 0.365 e. The minimum absolute atomic E-state index is 0.327. The van der Waals surface area contributed by atoms with Crippen molar-refractivity contribution in [3.63, 3.8) is 0 Å². The van der Waals surface area contributed by atoms with Crippen LogP contribution in [0, 0.1) is 0 Å². The monoisotopic (exact) mass is 386 g/mol. The van der Waals surface area contributed by atoms with Crippen LogP contribution in [0.15, 0.2) is 0 Å². The van der Waals surface area contributed by atoms with E-state index < -0.39 is 0 Å². The molecule has 1 aliphatic heterocycles. The number of nitrogens with zero attached hydrogens (tertiary/aromatic N) is 2. The third-order valence-corrected chi connectivity index (χ3v) is 5.87. The number of ether oxygens (including phenoxy) is 1. The first-order valence-electron chi connectivity index (χ1n) is 6.64. The highest BCUT2D eigenvalue weighted by Crippen LogP contribution is 2.28. The van der Waals surface area contributed by atoms with Crippen molar-refractivity contribution in [1.29, 1.82) is 0 Å². The first kappa shape index (κ1) is 17.0. The molecule has 1 fully saturated rings. The standard InChI is InChI=1S/C13H27IN2OS/c1-11(6-7-13(2,3)18-5)15(4)16-8-9-17-12(14)10-16/h11-12H,6-10H2,1-5H3. The third-order valence-electron chi connectivity index (χ3n) is 3.80. The van der Waals surface area contributed by atoms with Gasteiger partial charge < -0.3 is 4.74 Å². The van der Waals surface area contributed by atoms with Crippen molar-refractivity contribution in [3.8, 4) is 0 Å². The summed E-state index contributed by atoms with van der Waals surface area (Å²) in [5, 5.41) is 4.84. The summed E-state index contributed by atoms with van der Waals surface area (Å²) in [6, 6.07) is 0.595. The van der Waals surface area contributed by atoms with E-state index in [1.807, 2.05) is 11.8 Å². The second kappa shape index (κ2) is 7.67. The minimum Gasteiger partial charge on any atom is -0.365 e. The number of alkyl halides is 1. The Morgan fingerprint density at radius 3 is 2.78 bits per heavy atom. The maximum absolute atomic E-state index is 5.58. The van der Waals surface area contributed by atoms with Gasteiger partial charge in [-0.2, -0.15) is 11.8 Å². The predicted octanol–water partition coefficient (Wildman–Crippen LogP) is 3.24. The number of rotatable bonds is 6. The molecule has 0 amide bonds. The van der Waals surface area contributed by atoms with Crippen molar-refractivity contribution in [1.82, 2.24) is 10.0 Å². The number of halogens is 1. The van der Waals surface area contributed by atoms with E-state index in [1.165, 1.54) is 12.8 Å². The summed E-state index contributed by atoms with van der Waals surface area (Å²) < 4.78 is 6.31. The zero-order valence-electron chi connectivity index (χ0n) is 12.3. The molecule has 0 saturated carbocycles. The zero-order valence-corrected chi connectivity index (χ0v) is 15.3. The molecule has 108 valence electrons. The smallest absolute Gasteiger partial charge is 0.122 e. The molecular formula is C13H27IN2OS. The van der Waals surface area contributed by atoms with Crippen molar-refractivity contribution in [2.75, 3.05) is 33.0 Å². The molecule has 2 unspecified atom stereocenters. The fourth-order valence-electron chi connectivity index (χ4n) is 2.01. The highest BCUT2D eigenvalue weighted by molar-refractivity contribution is 14.1. The summed E-state index contributed by atoms with van der Waals surface area (Å²) in [5.41, 5.74) is 0. The molecule has 0 aromatic heterocycles. The van der Waals surface area contributed by atoms with E-state index in [9.17, 15) is 0 Å². The summed E-state index contributed by atoms with van der Waals surface area (Å²) in [6.45, 7) is 9.87. The Bertz CT molecular complexity index is 253. The molecule has 0 aliphatic carbocycles. The molecule has 1 rings (SSSR count). The minimum atomic E-state index is 0.327. The van der Waals surface area contributed by atoms with E-state index in [0.29, 0.717) is 14.9 Å². The van der Waals surface area contributed by atoms with Crippen LogP contribution in [0.3, 0.4) is 0 Å². The molecule has 1 saturated heterocycles. The molecule has 1 aliphatic rings. The van der Waals surface area contributed by atoms with Gasteiger partial charge in [0.25, 0.3) is 0 Å². The lowest BCUT2D eigenvalue weighted by molar-refractivity contribution is -0.100. The van der Waals surface area contributed by atoms with E-state index in [0.717, 1.165) is 19.7 Å². The summed E-state index contributed by atoms with van der Waals surface area (Å²) in [5.74, 6) is 0. The number of hydrazine groups is 1. The molecule has 0 radical (unpaired) electrons. The first-order chi connectivity index (χ1) is 8.35. The molecular weight excluding hydrogens is 359 g/mol. The summed E-state index contributed by atoms with van der Waals surface area (Å²) in [7, 11) is 2.21. The van der Waals surface area contributed by atoms with E-state index in [2.05, 4.69) is 66.7 Å². The highest BCUT2D eigenvalue weighted by Gasteiger charge is 2.25. The van der Waals surface area contributed by atoms with Gasteiger partial charge in [0.1, 0.15) is 4.11 Å². The number of hydrogen-bond acceptors (Lipinski definition) is 4. The van der Waals surface area contributed by atoms with Crippen molar-refractivity contribution in [2.45, 2.75) is 48.5 Å². The molecule has 18 heavy (non-hydrogen) atoms. The Hall–Kier alpha value is 0.960. The first-order valence-corrected chi connectivity index (χ1v) is 9.11. The Kier molecular flexibility index (Phi) is 7.25. The van der Waals surface area contributed by atoms with E-state index in [4.69, 9.17) is 4.74 Å². The average molecular weight is 386 g/mol. The van der Waals surface area contributed by atoms with Crippen molar-refractivity contribution in [2.24, 2.45) is 0 Å². The molecule has 3 nitrogen and oxygen atoms in total. The second-order valence-corrected chi connectivity index (χ2v) is 8.52. The maximum Gasteiger partial charge on any atom is 0.122 e. The lowest BCUT2D eigenvalue weighted by Gasteiger charge is -2.40. The van der Waals surface area contributed by atoms with Crippen LogP contribution in [0.4, 0.5) is 0 Å². The number of morpholine rings is 1. The second-order valence-electron chi connectivity index (χ2n) is 5.62. The van der Waals surface area contributed by atoms with Crippen LogP contribution in [0.5, 0.6) is 0 Å². The molecule has 0 N–H and O–H groups in total. The van der Waals surface area contributed by atoms with Crippen LogP contribution in [0.1, 0.15) is 33.6 Å². The van der Waals surface area contributed by atoms with Gasteiger partial charge >= 0.3 is 0 Å². The SMILES string of the molecule is CSC(C)(C)CCC(C)N(C)N1CCOC(I)C1. The van der Waals surface area contributed by atoms with Gasteiger partial charge in [-0.05, 0) is 48.6 Å². The average Bonchev–Trinajstić information content (AvgIpc) is 2.35. The van der Waals surface area contributed by atoms with Crippen molar-refractivity contribution < 1.29 is 4.74 Å². The molecule has 0 bridgehead atoms. The van der Waals surface area contributed by atoms with Gasteiger partial charge in [0.2, 0.25) is 0 Å². The van der Waals surface area contributed by atoms with Crippen LogP contribution in [-0.2, 0) is 4.74 Å². The normalized spacial score (nSPS) is 24.5. The quantitative estimate of drug-likeness (QED) is 0.514. The summed E-state index contributed by atoms with van der Waals surface area (Å²) in [6.07, 6.45) is 4.71. The lowest BCUT2D eigenvalue weighted by atomic mass is 10.0. The highest BCUT2D eigenvalue weighted by atomic mass is 127. The molecule has 0 aromatic carbocycles. The third kappa shape index (κ3) is 5.53. The van der Waals surface area contributed by atoms with Gasteiger partial charge in [0.05, 0.1) is 6.61 Å². The fraction of sp³-hybridized carbons (Fsp3) is 1.00. The van der Waals surface area contributed by atoms with Crippen molar-refractivity contribution >= 4 is 34.4 Å². The topological polar surface area (TPSA) is 15.7 Å². The van der Waals surface area contributed by atoms with Crippen LogP contribution in [0.2, 0.25) is 0 Å². The molecule has 0 spiro atoms. The molecule has 1 heterocycles. The van der Waals surface area contributed by atoms with Gasteiger partial charge in [-0.1, -0.05) is 13.8 Å². The Balaban J connectivity index is 2.38. The van der Waals surface area contributed by atoms with Gasteiger partial charge in [0.15, 0.2) is 0 Å². The maximum atomic E-state index is 5.58. The Morgan fingerprint density at radius 1 is 1.56 bits per heavy atom. The summed E-state index contributed by atoms with van der Waals surface area (Å²) in [4.78, 5) is 0. The Labute approximate surface area is 130 Å². The zero-order chi connectivity index (χ0) is 13.8. The van der Waals surface area contributed by atoms with Crippen LogP contribution >= 0.6 is 34.4 Å². The molecule has 0 aromatic rings. The molecule has 2 atom stereocenters. The van der Waals surface area contributed by atoms with E-state index in [-0.39, 0.29) is 0 Å². The van der Waals surface area contributed by atoms with E-state index in [1.54, 1.807) is 0 Å². The van der Waals surface area contributed by atoms with E-state index >= 15 is 0 Å². The van der Waals surface area contributed by atoms with Gasteiger partial charge in [-0.15, -0.1) is 0 Å². The van der Waals surface area contributed by atoms with Crippen LogP contribution < -0.4 is 0 Å². The number of thioether (sulfide) groups is 1. The van der Waals surface area contributed by atoms with Crippen LogP contribution in [0.25, 0.3) is 0 Å². The lowest BCUT2D eigenvalue weighted by Crippen LogP contribution is -2.52. The number of hydrogen-bond donors (Lipinski definition) is 0. The molecule has 5 heteroatoms. The summed E-state index contributed by atoms with van der Waals surface area (Å²) >= 11 is 4.34. The predicted molar refractivity (Wildman–Crippen MR) is 89.4 cm³/mol.